The Labute approximate surface area is 274 Å². The van der Waals surface area contributed by atoms with Gasteiger partial charge in [0.2, 0.25) is 0 Å². The van der Waals surface area contributed by atoms with Crippen LogP contribution >= 0.6 is 0 Å². The van der Waals surface area contributed by atoms with Gasteiger partial charge >= 0.3 is 0 Å². The number of carbonyl (C=O) groups excluding carboxylic acids is 2. The summed E-state index contributed by atoms with van der Waals surface area (Å²) in [5.74, 6) is 1.27. The molecule has 3 aliphatic rings. The molecule has 11 heteroatoms. The summed E-state index contributed by atoms with van der Waals surface area (Å²) in [5.41, 5.74) is 12.6. The van der Waals surface area contributed by atoms with E-state index in [4.69, 9.17) is 20.3 Å². The normalized spacial score (nSPS) is 21.5. The summed E-state index contributed by atoms with van der Waals surface area (Å²) in [5, 5.41) is 6.25. The molecule has 1 aliphatic carbocycles. The van der Waals surface area contributed by atoms with Crippen LogP contribution in [-0.2, 0) is 16.1 Å². The average molecular weight is 645 g/mol. The molecule has 2 amide bonds. The molecular weight excluding hydrogens is 599 g/mol. The Hall–Kier alpha value is -3.96. The van der Waals surface area contributed by atoms with Crippen LogP contribution in [0, 0.1) is 12.8 Å². The number of hydrogen-bond acceptors (Lipinski definition) is 6. The topological polar surface area (TPSA) is 107 Å². The first kappa shape index (κ1) is 31.6. The zero-order valence-electron chi connectivity index (χ0n) is 27.7. The van der Waals surface area contributed by atoms with E-state index in [1.165, 1.54) is 34.2 Å². The lowest BCUT2D eigenvalue weighted by Gasteiger charge is -2.34. The van der Waals surface area contributed by atoms with Crippen molar-refractivity contribution in [2.24, 2.45) is 11.7 Å². The van der Waals surface area contributed by atoms with Crippen LogP contribution < -0.4 is 10.5 Å². The number of carbonyl (C=O) groups is 2. The van der Waals surface area contributed by atoms with Crippen molar-refractivity contribution in [3.05, 3.63) is 53.2 Å². The zero-order chi connectivity index (χ0) is 33.0. The molecule has 3 atom stereocenters. The van der Waals surface area contributed by atoms with Gasteiger partial charge in [-0.05, 0) is 75.5 Å². The van der Waals surface area contributed by atoms with E-state index in [0.717, 1.165) is 41.9 Å². The number of ether oxygens (including phenoxy) is 2. The third kappa shape index (κ3) is 5.88. The van der Waals surface area contributed by atoms with Crippen LogP contribution in [0.15, 0.2) is 36.5 Å². The molecule has 0 bridgehead atoms. The van der Waals surface area contributed by atoms with Gasteiger partial charge in [-0.15, -0.1) is 0 Å². The first-order valence-corrected chi connectivity index (χ1v) is 16.9. The van der Waals surface area contributed by atoms with Gasteiger partial charge in [-0.25, -0.2) is 8.91 Å². The number of hydrogen-bond donors (Lipinski definition) is 1. The van der Waals surface area contributed by atoms with Crippen molar-refractivity contribution in [3.8, 4) is 17.1 Å². The Balaban J connectivity index is 1.27. The molecule has 0 radical (unpaired) electrons. The van der Waals surface area contributed by atoms with E-state index in [-0.39, 0.29) is 30.8 Å². The van der Waals surface area contributed by atoms with E-state index in [1.807, 2.05) is 18.7 Å². The number of rotatable bonds is 8. The zero-order valence-corrected chi connectivity index (χ0v) is 27.7. The fourth-order valence-electron chi connectivity index (χ4n) is 7.62. The Morgan fingerprint density at radius 2 is 1.83 bits per heavy atom. The van der Waals surface area contributed by atoms with Gasteiger partial charge < -0.3 is 29.6 Å². The monoisotopic (exact) mass is 644 g/mol. The number of benzene rings is 1. The van der Waals surface area contributed by atoms with E-state index < -0.39 is 12.3 Å². The predicted molar refractivity (Wildman–Crippen MR) is 179 cm³/mol. The van der Waals surface area contributed by atoms with Gasteiger partial charge in [0.25, 0.3) is 11.8 Å². The third-order valence-corrected chi connectivity index (χ3v) is 10.4. The second kappa shape index (κ2) is 12.6. The SMILES string of the molecule is COc1cc(C(=O)N2C[C@H](N)C[C@@H](F)C2)cn2nc(-c3cc4cccc(C5CCN(C(=O)C(C)OC)CC5)c4n3CC3CC3)c(C)c12. The van der Waals surface area contributed by atoms with Gasteiger partial charge in [-0.2, -0.15) is 5.10 Å². The van der Waals surface area contributed by atoms with Crippen molar-refractivity contribution in [1.82, 2.24) is 24.0 Å². The quantitative estimate of drug-likeness (QED) is 0.292. The minimum absolute atomic E-state index is 0.0293. The largest absolute Gasteiger partial charge is 0.494 e. The van der Waals surface area contributed by atoms with E-state index in [9.17, 15) is 14.0 Å². The maximum atomic E-state index is 14.3. The summed E-state index contributed by atoms with van der Waals surface area (Å²) in [6, 6.07) is 10.1. The number of nitrogens with two attached hydrogens (primary N) is 1. The number of aromatic nitrogens is 3. The second-order valence-corrected chi connectivity index (χ2v) is 13.7. The molecule has 2 N–H and O–H groups in total. The van der Waals surface area contributed by atoms with Crippen molar-refractivity contribution in [3.63, 3.8) is 0 Å². The third-order valence-electron chi connectivity index (χ3n) is 10.4. The molecule has 47 heavy (non-hydrogen) atoms. The first-order valence-electron chi connectivity index (χ1n) is 16.9. The summed E-state index contributed by atoms with van der Waals surface area (Å²) in [4.78, 5) is 29.7. The molecule has 10 nitrogen and oxygen atoms in total. The molecule has 7 rings (SSSR count). The van der Waals surface area contributed by atoms with Crippen LogP contribution in [0.5, 0.6) is 5.75 Å². The van der Waals surface area contributed by atoms with Crippen molar-refractivity contribution in [1.29, 1.82) is 0 Å². The predicted octanol–water partition coefficient (Wildman–Crippen LogP) is 4.94. The Kier molecular flexibility index (Phi) is 8.46. The summed E-state index contributed by atoms with van der Waals surface area (Å²) in [6.45, 7) is 6.54. The number of methoxy groups -OCH3 is 2. The highest BCUT2D eigenvalue weighted by molar-refractivity contribution is 5.96. The first-order chi connectivity index (χ1) is 22.7. The fraction of sp³-hybridized carbons (Fsp3) is 0.528. The maximum absolute atomic E-state index is 14.3. The van der Waals surface area contributed by atoms with Crippen LogP contribution in [-0.4, -0.2) is 94.5 Å². The Morgan fingerprint density at radius 1 is 1.06 bits per heavy atom. The summed E-state index contributed by atoms with van der Waals surface area (Å²) in [6.07, 6.45) is 4.64. The molecule has 1 unspecified atom stereocenters. The van der Waals surface area contributed by atoms with Crippen LogP contribution in [0.25, 0.3) is 27.8 Å². The van der Waals surface area contributed by atoms with E-state index >= 15 is 0 Å². The number of alkyl halides is 1. The number of likely N-dealkylation sites (tertiary alicyclic amines) is 2. The highest BCUT2D eigenvalue weighted by Gasteiger charge is 2.32. The highest BCUT2D eigenvalue weighted by atomic mass is 19.1. The maximum Gasteiger partial charge on any atom is 0.255 e. The number of piperidine rings is 2. The molecule has 2 aliphatic heterocycles. The van der Waals surface area contributed by atoms with Crippen LogP contribution in [0.3, 0.4) is 0 Å². The Morgan fingerprint density at radius 3 is 2.51 bits per heavy atom. The van der Waals surface area contributed by atoms with Gasteiger partial charge in [-0.1, -0.05) is 18.2 Å². The average Bonchev–Trinajstić information content (AvgIpc) is 3.74. The number of pyridine rings is 1. The lowest BCUT2D eigenvalue weighted by Crippen LogP contribution is -2.50. The number of amides is 2. The van der Waals surface area contributed by atoms with E-state index in [2.05, 4.69) is 28.8 Å². The molecule has 3 fully saturated rings. The summed E-state index contributed by atoms with van der Waals surface area (Å²) in [7, 11) is 3.17. The molecule has 250 valence electrons. The minimum atomic E-state index is -1.14. The van der Waals surface area contributed by atoms with E-state index in [0.29, 0.717) is 42.8 Å². The lowest BCUT2D eigenvalue weighted by atomic mass is 9.88. The van der Waals surface area contributed by atoms with Gasteiger partial charge in [-0.3, -0.25) is 9.59 Å². The molecule has 1 saturated carbocycles. The van der Waals surface area contributed by atoms with Crippen LogP contribution in [0.4, 0.5) is 4.39 Å². The highest BCUT2D eigenvalue weighted by Crippen LogP contribution is 2.42. The number of para-hydroxylation sites is 1. The number of nitrogens with zero attached hydrogens (tertiary/aromatic N) is 5. The van der Waals surface area contributed by atoms with Gasteiger partial charge in [0.1, 0.15) is 29.2 Å². The Bertz CT molecular complexity index is 1810. The van der Waals surface area contributed by atoms with Gasteiger partial charge in [0, 0.05) is 56.5 Å². The second-order valence-electron chi connectivity index (χ2n) is 13.7. The number of halogens is 1. The van der Waals surface area contributed by atoms with Gasteiger partial charge in [0.15, 0.2) is 0 Å². The van der Waals surface area contributed by atoms with Crippen molar-refractivity contribution in [2.45, 2.75) is 76.7 Å². The minimum Gasteiger partial charge on any atom is -0.494 e. The van der Waals surface area contributed by atoms with E-state index in [1.54, 1.807) is 31.0 Å². The molecule has 1 aromatic carbocycles. The van der Waals surface area contributed by atoms with Crippen molar-refractivity contribution < 1.29 is 23.5 Å². The summed E-state index contributed by atoms with van der Waals surface area (Å²) < 4.78 is 29.6. The smallest absolute Gasteiger partial charge is 0.255 e. The molecule has 0 spiro atoms. The van der Waals surface area contributed by atoms with Crippen LogP contribution in [0.1, 0.15) is 66.4 Å². The molecule has 5 heterocycles. The van der Waals surface area contributed by atoms with Crippen LogP contribution in [0.2, 0.25) is 0 Å². The summed E-state index contributed by atoms with van der Waals surface area (Å²) >= 11 is 0. The van der Waals surface area contributed by atoms with Gasteiger partial charge in [0.05, 0.1) is 30.4 Å². The number of fused-ring (bicyclic) bond motifs is 2. The van der Waals surface area contributed by atoms with Crippen molar-refractivity contribution >= 4 is 28.2 Å². The fourth-order valence-corrected chi connectivity index (χ4v) is 7.62. The molecule has 3 aromatic heterocycles. The van der Waals surface area contributed by atoms with Crippen molar-refractivity contribution in [2.75, 3.05) is 40.4 Å². The number of aryl methyl sites for hydroxylation is 1. The standard InChI is InChI=1S/C36H45FN6O4/c1-21-32(39-43-18-26(15-31(47-4)33(21)43)36(45)41-19-27(37)16-28(38)20-41)30-14-25-6-5-7-29(34(25)42(30)17-23-8-9-23)24-10-12-40(13-11-24)35(44)22(2)46-3/h5-7,14-15,18,22-24,27-28H,8-13,16-17,19-20,38H2,1-4H3/t22?,27-,28-/m1/s1. The molecule has 4 aromatic rings. The molecular formula is C36H45FN6O4. The molecule has 2 saturated heterocycles. The lowest BCUT2D eigenvalue weighted by molar-refractivity contribution is -0.142.